The molecule has 7 heteroatoms. The van der Waals surface area contributed by atoms with Gasteiger partial charge in [0.2, 0.25) is 0 Å². The fourth-order valence-corrected chi connectivity index (χ4v) is 5.14. The summed E-state index contributed by atoms with van der Waals surface area (Å²) in [6.45, 7) is 2.67. The molecule has 0 fully saturated rings. The van der Waals surface area contributed by atoms with Gasteiger partial charge in [0.25, 0.3) is 11.8 Å². The highest BCUT2D eigenvalue weighted by atomic mass is 35.5. The Hall–Kier alpha value is -3.85. The van der Waals surface area contributed by atoms with Gasteiger partial charge in [0, 0.05) is 38.7 Å². The molecule has 1 atom stereocenters. The predicted molar refractivity (Wildman–Crippen MR) is 158 cm³/mol. The van der Waals surface area contributed by atoms with Crippen molar-refractivity contribution in [2.45, 2.75) is 19.3 Å². The number of nitriles is 1. The van der Waals surface area contributed by atoms with Crippen LogP contribution in [0.3, 0.4) is 0 Å². The van der Waals surface area contributed by atoms with Gasteiger partial charge in [0.1, 0.15) is 0 Å². The molecule has 0 saturated heterocycles. The van der Waals surface area contributed by atoms with E-state index in [1.807, 2.05) is 67.6 Å². The quantitative estimate of drug-likeness (QED) is 0.227. The summed E-state index contributed by atoms with van der Waals surface area (Å²) in [7, 11) is 3.54. The zero-order chi connectivity index (χ0) is 28.1. The van der Waals surface area contributed by atoms with Crippen LogP contribution in [-0.2, 0) is 0 Å². The van der Waals surface area contributed by atoms with Crippen LogP contribution in [-0.4, -0.2) is 48.8 Å². The van der Waals surface area contributed by atoms with Crippen molar-refractivity contribution < 1.29 is 9.59 Å². The first kappa shape index (κ1) is 28.2. The van der Waals surface area contributed by atoms with E-state index < -0.39 is 0 Å². The van der Waals surface area contributed by atoms with Crippen LogP contribution in [0, 0.1) is 18.3 Å². The molecule has 4 rings (SSSR count). The average molecular weight is 559 g/mol. The van der Waals surface area contributed by atoms with Gasteiger partial charge in [-0.3, -0.25) is 9.59 Å². The number of likely N-dealkylation sites (N-methyl/N-ethyl adjacent to an activating group) is 1. The second kappa shape index (κ2) is 12.3. The number of hydrogen-bond acceptors (Lipinski definition) is 3. The van der Waals surface area contributed by atoms with Crippen molar-refractivity contribution in [2.24, 2.45) is 0 Å². The van der Waals surface area contributed by atoms with Crippen LogP contribution in [0.25, 0.3) is 10.8 Å². The lowest BCUT2D eigenvalue weighted by Gasteiger charge is -2.28. The summed E-state index contributed by atoms with van der Waals surface area (Å²) in [5.41, 5.74) is 3.21. The molecular formula is C32H29Cl2N3O2. The molecule has 0 N–H and O–H groups in total. The molecule has 198 valence electrons. The molecule has 0 radical (unpaired) electrons. The molecule has 0 aliphatic carbocycles. The molecule has 5 nitrogen and oxygen atoms in total. The van der Waals surface area contributed by atoms with Crippen molar-refractivity contribution in [2.75, 3.05) is 27.2 Å². The van der Waals surface area contributed by atoms with Gasteiger partial charge in [-0.2, -0.15) is 5.26 Å². The molecule has 0 aromatic heterocycles. The smallest absolute Gasteiger partial charge is 0.254 e. The molecule has 0 saturated carbocycles. The van der Waals surface area contributed by atoms with Crippen LogP contribution in [0.15, 0.2) is 78.9 Å². The fraction of sp³-hybridized carbons (Fsp3) is 0.219. The molecule has 1 unspecified atom stereocenters. The van der Waals surface area contributed by atoms with Crippen LogP contribution in [0.1, 0.15) is 49.7 Å². The molecule has 4 aromatic carbocycles. The van der Waals surface area contributed by atoms with Crippen LogP contribution in [0.4, 0.5) is 0 Å². The highest BCUT2D eigenvalue weighted by Gasteiger charge is 2.24. The second-order valence-electron chi connectivity index (χ2n) is 9.69. The molecular weight excluding hydrogens is 529 g/mol. The number of rotatable bonds is 8. The van der Waals surface area contributed by atoms with Crippen LogP contribution >= 0.6 is 23.2 Å². The Balaban J connectivity index is 1.62. The summed E-state index contributed by atoms with van der Waals surface area (Å²) in [6.07, 6.45) is 0.600. The van der Waals surface area contributed by atoms with E-state index in [4.69, 9.17) is 23.2 Å². The monoisotopic (exact) mass is 557 g/mol. The van der Waals surface area contributed by atoms with Gasteiger partial charge < -0.3 is 9.80 Å². The van der Waals surface area contributed by atoms with Crippen LogP contribution in [0.5, 0.6) is 0 Å². The zero-order valence-corrected chi connectivity index (χ0v) is 23.6. The summed E-state index contributed by atoms with van der Waals surface area (Å²) in [4.78, 5) is 30.2. The summed E-state index contributed by atoms with van der Waals surface area (Å²) in [6, 6.07) is 26.3. The molecule has 0 bridgehead atoms. The summed E-state index contributed by atoms with van der Waals surface area (Å²) in [5, 5.41) is 12.2. The zero-order valence-electron chi connectivity index (χ0n) is 22.1. The molecule has 2 amide bonds. The second-order valence-corrected chi connectivity index (χ2v) is 10.5. The van der Waals surface area contributed by atoms with Gasteiger partial charge in [-0.15, -0.1) is 0 Å². The maximum absolute atomic E-state index is 13.9. The summed E-state index contributed by atoms with van der Waals surface area (Å²) in [5.74, 6) is -0.353. The number of fused-ring (bicyclic) bond motifs is 1. The Bertz CT molecular complexity index is 1560. The van der Waals surface area contributed by atoms with E-state index in [2.05, 4.69) is 6.07 Å². The van der Waals surface area contributed by atoms with Crippen molar-refractivity contribution in [3.63, 3.8) is 0 Å². The molecule has 4 aromatic rings. The topological polar surface area (TPSA) is 64.4 Å². The minimum atomic E-state index is -0.167. The van der Waals surface area contributed by atoms with Crippen molar-refractivity contribution >= 4 is 45.8 Å². The number of carbonyl (C=O) groups excluding carboxylic acids is 2. The Labute approximate surface area is 239 Å². The number of benzene rings is 4. The summed E-state index contributed by atoms with van der Waals surface area (Å²) >= 11 is 12.5. The highest BCUT2D eigenvalue weighted by Crippen LogP contribution is 2.31. The number of carbonyl (C=O) groups is 2. The minimum Gasteiger partial charge on any atom is -0.342 e. The molecule has 0 aliphatic heterocycles. The third-order valence-electron chi connectivity index (χ3n) is 7.08. The van der Waals surface area contributed by atoms with Crippen molar-refractivity contribution in [3.8, 4) is 6.07 Å². The van der Waals surface area contributed by atoms with E-state index in [1.165, 1.54) is 0 Å². The van der Waals surface area contributed by atoms with E-state index in [1.54, 1.807) is 42.1 Å². The third-order valence-corrected chi connectivity index (χ3v) is 7.82. The van der Waals surface area contributed by atoms with Gasteiger partial charge in [0.15, 0.2) is 0 Å². The molecule has 0 spiro atoms. The molecule has 0 aliphatic rings. The van der Waals surface area contributed by atoms with Gasteiger partial charge >= 0.3 is 0 Å². The number of nitrogens with zero attached hydrogens (tertiary/aromatic N) is 3. The summed E-state index contributed by atoms with van der Waals surface area (Å²) < 4.78 is 0. The maximum atomic E-state index is 13.9. The third kappa shape index (κ3) is 6.25. The SMILES string of the molecule is Cc1c(C#N)cc2ccccc2c1C(=O)N(C)CC(CCN(C)C(=O)c1ccccc1)c1ccc(Cl)c(Cl)c1. The van der Waals surface area contributed by atoms with Crippen LogP contribution < -0.4 is 0 Å². The van der Waals surface area contributed by atoms with E-state index in [0.29, 0.717) is 51.8 Å². The number of halogens is 2. The van der Waals surface area contributed by atoms with Crippen LogP contribution in [0.2, 0.25) is 10.0 Å². The van der Waals surface area contributed by atoms with Gasteiger partial charge in [-0.25, -0.2) is 0 Å². The first-order valence-electron chi connectivity index (χ1n) is 12.6. The van der Waals surface area contributed by atoms with E-state index in [-0.39, 0.29) is 17.7 Å². The highest BCUT2D eigenvalue weighted by molar-refractivity contribution is 6.42. The minimum absolute atomic E-state index is 0.0664. The number of amides is 2. The average Bonchev–Trinajstić information content (AvgIpc) is 2.95. The molecule has 39 heavy (non-hydrogen) atoms. The van der Waals surface area contributed by atoms with Gasteiger partial charge in [-0.05, 0) is 65.6 Å². The predicted octanol–water partition coefficient (Wildman–Crippen LogP) is 7.34. The fourth-order valence-electron chi connectivity index (χ4n) is 4.83. The lowest BCUT2D eigenvalue weighted by molar-refractivity contribution is 0.0758. The Morgan fingerprint density at radius 1 is 0.872 bits per heavy atom. The van der Waals surface area contributed by atoms with Crippen molar-refractivity contribution in [3.05, 3.63) is 117 Å². The van der Waals surface area contributed by atoms with Crippen molar-refractivity contribution in [1.29, 1.82) is 5.26 Å². The van der Waals surface area contributed by atoms with E-state index in [0.717, 1.165) is 16.3 Å². The van der Waals surface area contributed by atoms with Gasteiger partial charge in [-0.1, -0.05) is 71.7 Å². The van der Waals surface area contributed by atoms with E-state index in [9.17, 15) is 14.9 Å². The largest absolute Gasteiger partial charge is 0.342 e. The normalized spacial score (nSPS) is 11.6. The maximum Gasteiger partial charge on any atom is 0.254 e. The van der Waals surface area contributed by atoms with E-state index >= 15 is 0 Å². The molecule has 0 heterocycles. The Morgan fingerprint density at radius 3 is 2.26 bits per heavy atom. The first-order valence-corrected chi connectivity index (χ1v) is 13.4. The first-order chi connectivity index (χ1) is 18.7. The lowest BCUT2D eigenvalue weighted by atomic mass is 9.92. The van der Waals surface area contributed by atoms with Crippen molar-refractivity contribution in [1.82, 2.24) is 9.80 Å². The van der Waals surface area contributed by atoms with Gasteiger partial charge in [0.05, 0.1) is 27.2 Å². The Kier molecular flexibility index (Phi) is 8.91. The Morgan fingerprint density at radius 2 is 1.56 bits per heavy atom. The standard InChI is InChI=1S/C32H29Cl2N3O2/c1-21-26(19-35)17-24-11-7-8-12-27(24)30(21)32(39)37(3)20-25(23-13-14-28(33)29(34)18-23)15-16-36(2)31(38)22-9-5-4-6-10-22/h4-14,17-18,25H,15-16,20H2,1-3H3. The number of hydrogen-bond donors (Lipinski definition) is 0. The lowest BCUT2D eigenvalue weighted by Crippen LogP contribution is -2.34.